The molecular weight excluding hydrogens is 169 g/mol. The molecule has 1 rings (SSSR count). The highest BCUT2D eigenvalue weighted by Crippen LogP contribution is 2.22. The van der Waals surface area contributed by atoms with Gasteiger partial charge in [0.25, 0.3) is 0 Å². The van der Waals surface area contributed by atoms with Crippen LogP contribution in [0.3, 0.4) is 0 Å². The van der Waals surface area contributed by atoms with Crippen LogP contribution >= 0.6 is 0 Å². The number of anilines is 2. The van der Waals surface area contributed by atoms with E-state index in [1.165, 1.54) is 12.1 Å². The lowest BCUT2D eigenvalue weighted by Crippen LogP contribution is -1.99. The van der Waals surface area contributed by atoms with Crippen molar-refractivity contribution in [2.24, 2.45) is 5.73 Å². The van der Waals surface area contributed by atoms with Crippen molar-refractivity contribution in [3.63, 3.8) is 0 Å². The second-order valence-electron chi connectivity index (χ2n) is 2.64. The number of benzene rings is 1. The monoisotopic (exact) mass is 181 g/mol. The lowest BCUT2D eigenvalue weighted by atomic mass is 10.1. The van der Waals surface area contributed by atoms with Crippen molar-refractivity contribution in [1.82, 2.24) is 0 Å². The number of hydrogen-bond acceptors (Lipinski definition) is 3. The first kappa shape index (κ1) is 9.54. The first-order chi connectivity index (χ1) is 6.15. The summed E-state index contributed by atoms with van der Waals surface area (Å²) in [5.41, 5.74) is 17.5. The summed E-state index contributed by atoms with van der Waals surface area (Å²) in [5, 5.41) is 0. The fourth-order valence-corrected chi connectivity index (χ4v) is 0.994. The highest BCUT2D eigenvalue weighted by Gasteiger charge is 2.02. The van der Waals surface area contributed by atoms with E-state index in [1.807, 2.05) is 0 Å². The summed E-state index contributed by atoms with van der Waals surface area (Å²) in [6.45, 7) is 0.385. The van der Waals surface area contributed by atoms with Gasteiger partial charge in [-0.3, -0.25) is 0 Å². The van der Waals surface area contributed by atoms with Gasteiger partial charge in [0.05, 0.1) is 11.4 Å². The molecule has 1 aromatic carbocycles. The maximum absolute atomic E-state index is 12.8. The van der Waals surface area contributed by atoms with Gasteiger partial charge in [0.1, 0.15) is 5.82 Å². The molecule has 0 aromatic heterocycles. The van der Waals surface area contributed by atoms with Crippen LogP contribution in [-0.4, -0.2) is 6.54 Å². The quantitative estimate of drug-likeness (QED) is 0.595. The van der Waals surface area contributed by atoms with Gasteiger partial charge in [-0.25, -0.2) is 4.39 Å². The van der Waals surface area contributed by atoms with Gasteiger partial charge in [-0.2, -0.15) is 0 Å². The van der Waals surface area contributed by atoms with Crippen LogP contribution in [0.5, 0.6) is 0 Å². The summed E-state index contributed by atoms with van der Waals surface area (Å²) in [7, 11) is 0. The third-order valence-electron chi connectivity index (χ3n) is 1.64. The fraction of sp³-hybridized carbons (Fsp3) is 0.111. The largest absolute Gasteiger partial charge is 0.397 e. The van der Waals surface area contributed by atoms with Gasteiger partial charge in [0, 0.05) is 12.1 Å². The Hall–Kier alpha value is -1.55. The van der Waals surface area contributed by atoms with E-state index in [2.05, 4.69) is 0 Å². The van der Waals surface area contributed by atoms with Gasteiger partial charge in [0.2, 0.25) is 0 Å². The third kappa shape index (κ3) is 2.19. The molecule has 6 N–H and O–H groups in total. The van der Waals surface area contributed by atoms with Crippen molar-refractivity contribution in [3.05, 3.63) is 29.6 Å². The van der Waals surface area contributed by atoms with Gasteiger partial charge >= 0.3 is 0 Å². The molecule has 70 valence electrons. The van der Waals surface area contributed by atoms with Crippen molar-refractivity contribution in [1.29, 1.82) is 0 Å². The predicted octanol–water partition coefficient (Wildman–Crippen LogP) is 0.962. The van der Waals surface area contributed by atoms with Crippen LogP contribution in [0.2, 0.25) is 0 Å². The minimum absolute atomic E-state index is 0.247. The number of halogens is 1. The van der Waals surface area contributed by atoms with Gasteiger partial charge in [0.15, 0.2) is 0 Å². The van der Waals surface area contributed by atoms with Gasteiger partial charge in [-0.1, -0.05) is 12.2 Å². The molecule has 0 unspecified atom stereocenters. The zero-order valence-electron chi connectivity index (χ0n) is 7.13. The maximum Gasteiger partial charge on any atom is 0.126 e. The zero-order valence-corrected chi connectivity index (χ0v) is 7.13. The average Bonchev–Trinajstić information content (AvgIpc) is 2.09. The van der Waals surface area contributed by atoms with Gasteiger partial charge in [-0.15, -0.1) is 0 Å². The van der Waals surface area contributed by atoms with E-state index in [4.69, 9.17) is 17.2 Å². The SMILES string of the molecule is NCC=Cc1cc(F)cc(N)c1N. The molecule has 0 radical (unpaired) electrons. The van der Waals surface area contributed by atoms with Crippen LogP contribution in [0, 0.1) is 5.82 Å². The van der Waals surface area contributed by atoms with E-state index >= 15 is 0 Å². The molecule has 0 atom stereocenters. The second-order valence-corrected chi connectivity index (χ2v) is 2.64. The average molecular weight is 181 g/mol. The molecule has 0 amide bonds. The normalized spacial score (nSPS) is 10.9. The molecule has 1 aromatic rings. The summed E-state index contributed by atoms with van der Waals surface area (Å²) < 4.78 is 12.8. The Morgan fingerprint density at radius 3 is 2.62 bits per heavy atom. The Morgan fingerprint density at radius 1 is 1.31 bits per heavy atom. The minimum atomic E-state index is -0.400. The summed E-state index contributed by atoms with van der Waals surface area (Å²) in [5.74, 6) is -0.400. The summed E-state index contributed by atoms with van der Waals surface area (Å²) in [4.78, 5) is 0. The van der Waals surface area contributed by atoms with Gasteiger partial charge < -0.3 is 17.2 Å². The number of hydrogen-bond donors (Lipinski definition) is 3. The summed E-state index contributed by atoms with van der Waals surface area (Å²) in [6.07, 6.45) is 3.33. The summed E-state index contributed by atoms with van der Waals surface area (Å²) >= 11 is 0. The van der Waals surface area contributed by atoms with Crippen LogP contribution in [0.4, 0.5) is 15.8 Å². The van der Waals surface area contributed by atoms with Crippen LogP contribution in [0.1, 0.15) is 5.56 Å². The molecule has 3 nitrogen and oxygen atoms in total. The molecule has 0 saturated carbocycles. The van der Waals surface area contributed by atoms with Gasteiger partial charge in [-0.05, 0) is 12.1 Å². The predicted molar refractivity (Wildman–Crippen MR) is 53.3 cm³/mol. The first-order valence-corrected chi connectivity index (χ1v) is 3.86. The molecule has 0 bridgehead atoms. The molecule has 0 aliphatic carbocycles. The Labute approximate surface area is 76.0 Å². The molecule has 0 aliphatic rings. The maximum atomic E-state index is 12.8. The third-order valence-corrected chi connectivity index (χ3v) is 1.64. The standard InChI is InChI=1S/C9H12FN3/c10-7-4-6(2-1-3-11)9(13)8(12)5-7/h1-2,4-5H,3,11-13H2. The van der Waals surface area contributed by atoms with Crippen LogP contribution < -0.4 is 17.2 Å². The Bertz CT molecular complexity index is 334. The molecule has 0 saturated heterocycles. The fourth-order valence-electron chi connectivity index (χ4n) is 0.994. The van der Waals surface area contributed by atoms with Crippen molar-refractivity contribution in [2.45, 2.75) is 0 Å². The van der Waals surface area contributed by atoms with E-state index in [1.54, 1.807) is 12.2 Å². The van der Waals surface area contributed by atoms with Crippen LogP contribution in [0.25, 0.3) is 6.08 Å². The Morgan fingerprint density at radius 2 is 2.00 bits per heavy atom. The lowest BCUT2D eigenvalue weighted by molar-refractivity contribution is 0.628. The number of nitrogens with two attached hydrogens (primary N) is 3. The van der Waals surface area contributed by atoms with Crippen molar-refractivity contribution < 1.29 is 4.39 Å². The molecular formula is C9H12FN3. The molecule has 13 heavy (non-hydrogen) atoms. The van der Waals surface area contributed by atoms with E-state index in [-0.39, 0.29) is 5.69 Å². The van der Waals surface area contributed by atoms with Crippen molar-refractivity contribution in [2.75, 3.05) is 18.0 Å². The topological polar surface area (TPSA) is 78.1 Å². The highest BCUT2D eigenvalue weighted by atomic mass is 19.1. The number of nitrogen functional groups attached to an aromatic ring is 2. The van der Waals surface area contributed by atoms with E-state index in [9.17, 15) is 4.39 Å². The summed E-state index contributed by atoms with van der Waals surface area (Å²) in [6, 6.07) is 2.51. The highest BCUT2D eigenvalue weighted by molar-refractivity contribution is 5.75. The molecule has 0 aliphatic heterocycles. The van der Waals surface area contributed by atoms with Crippen molar-refractivity contribution >= 4 is 17.5 Å². The van der Waals surface area contributed by atoms with E-state index in [0.717, 1.165) is 0 Å². The minimum Gasteiger partial charge on any atom is -0.397 e. The Balaban J connectivity index is 3.12. The zero-order chi connectivity index (χ0) is 9.84. The van der Waals surface area contributed by atoms with E-state index in [0.29, 0.717) is 17.8 Å². The van der Waals surface area contributed by atoms with E-state index < -0.39 is 5.82 Å². The molecule has 4 heteroatoms. The van der Waals surface area contributed by atoms with Crippen molar-refractivity contribution in [3.8, 4) is 0 Å². The lowest BCUT2D eigenvalue weighted by Gasteiger charge is -2.04. The second kappa shape index (κ2) is 3.91. The van der Waals surface area contributed by atoms with Crippen LogP contribution in [0.15, 0.2) is 18.2 Å². The van der Waals surface area contributed by atoms with Crippen LogP contribution in [-0.2, 0) is 0 Å². The number of rotatable bonds is 2. The first-order valence-electron chi connectivity index (χ1n) is 3.86. The molecule has 0 spiro atoms. The Kier molecular flexibility index (Phi) is 2.87. The molecule has 0 heterocycles. The smallest absolute Gasteiger partial charge is 0.126 e. The molecule has 0 fully saturated rings.